The molecule has 0 heterocycles. The second-order valence-electron chi connectivity index (χ2n) is 7.60. The Balaban J connectivity index is 4.41. The lowest BCUT2D eigenvalue weighted by atomic mass is 10.2. The molecule has 0 fully saturated rings. The fourth-order valence-corrected chi connectivity index (χ4v) is 1.69. The zero-order chi connectivity index (χ0) is 19.0. The zero-order valence-corrected chi connectivity index (χ0v) is 15.7. The largest absolute Gasteiger partial charge is 0.444 e. The van der Waals surface area contributed by atoms with Crippen LogP contribution in [0.1, 0.15) is 48.0 Å². The average molecular weight is 347 g/mol. The number of hydrogen-bond donors (Lipinski definition) is 3. The SMILES string of the molecule is CC(C)(C)OC(=O)NCCCN(C[C@H](O)CN)C(=O)OC(C)(C)C. The maximum Gasteiger partial charge on any atom is 0.410 e. The molecule has 0 bridgehead atoms. The minimum atomic E-state index is -0.823. The first-order chi connectivity index (χ1) is 10.8. The van der Waals surface area contributed by atoms with Crippen molar-refractivity contribution in [1.29, 1.82) is 0 Å². The van der Waals surface area contributed by atoms with E-state index in [1.807, 2.05) is 0 Å². The zero-order valence-electron chi connectivity index (χ0n) is 15.7. The van der Waals surface area contributed by atoms with Crippen LogP contribution in [0.2, 0.25) is 0 Å². The lowest BCUT2D eigenvalue weighted by molar-refractivity contribution is 0.0152. The Morgan fingerprint density at radius 3 is 2.12 bits per heavy atom. The van der Waals surface area contributed by atoms with Crippen molar-refractivity contribution in [2.24, 2.45) is 5.73 Å². The van der Waals surface area contributed by atoms with E-state index in [1.54, 1.807) is 41.5 Å². The van der Waals surface area contributed by atoms with Crippen molar-refractivity contribution in [3.63, 3.8) is 0 Å². The van der Waals surface area contributed by atoms with E-state index in [1.165, 1.54) is 4.90 Å². The number of alkyl carbamates (subject to hydrolysis) is 1. The first-order valence-corrected chi connectivity index (χ1v) is 8.17. The molecule has 8 nitrogen and oxygen atoms in total. The number of nitrogens with one attached hydrogen (secondary N) is 1. The fourth-order valence-electron chi connectivity index (χ4n) is 1.69. The summed E-state index contributed by atoms with van der Waals surface area (Å²) in [5.74, 6) is 0. The van der Waals surface area contributed by atoms with E-state index in [-0.39, 0.29) is 13.1 Å². The third kappa shape index (κ3) is 12.0. The van der Waals surface area contributed by atoms with Crippen molar-refractivity contribution >= 4 is 12.2 Å². The van der Waals surface area contributed by atoms with Gasteiger partial charge in [-0.15, -0.1) is 0 Å². The van der Waals surface area contributed by atoms with Crippen LogP contribution in [0.3, 0.4) is 0 Å². The van der Waals surface area contributed by atoms with Crippen LogP contribution in [-0.2, 0) is 9.47 Å². The Morgan fingerprint density at radius 1 is 1.12 bits per heavy atom. The monoisotopic (exact) mass is 347 g/mol. The van der Waals surface area contributed by atoms with Gasteiger partial charge < -0.3 is 30.5 Å². The highest BCUT2D eigenvalue weighted by molar-refractivity contribution is 5.68. The van der Waals surface area contributed by atoms with Crippen LogP contribution >= 0.6 is 0 Å². The van der Waals surface area contributed by atoms with Gasteiger partial charge in [-0.1, -0.05) is 0 Å². The summed E-state index contributed by atoms with van der Waals surface area (Å²) in [4.78, 5) is 25.1. The number of carbonyl (C=O) groups is 2. The molecular weight excluding hydrogens is 314 g/mol. The fraction of sp³-hybridized carbons (Fsp3) is 0.875. The number of nitrogens with two attached hydrogens (primary N) is 1. The van der Waals surface area contributed by atoms with Crippen molar-refractivity contribution < 1.29 is 24.2 Å². The number of hydrogen-bond acceptors (Lipinski definition) is 6. The molecule has 0 unspecified atom stereocenters. The highest BCUT2D eigenvalue weighted by atomic mass is 16.6. The van der Waals surface area contributed by atoms with Gasteiger partial charge in [0, 0.05) is 19.6 Å². The van der Waals surface area contributed by atoms with E-state index < -0.39 is 29.5 Å². The van der Waals surface area contributed by atoms with E-state index in [0.29, 0.717) is 19.5 Å². The van der Waals surface area contributed by atoms with E-state index in [4.69, 9.17) is 15.2 Å². The topological polar surface area (TPSA) is 114 Å². The Kier molecular flexibility index (Phi) is 9.06. The molecule has 0 aliphatic carbocycles. The van der Waals surface area contributed by atoms with Crippen molar-refractivity contribution in [2.45, 2.75) is 65.3 Å². The molecule has 0 aliphatic rings. The number of aliphatic hydroxyl groups is 1. The summed E-state index contributed by atoms with van der Waals surface area (Å²) >= 11 is 0. The average Bonchev–Trinajstić information content (AvgIpc) is 2.37. The van der Waals surface area contributed by atoms with Crippen molar-refractivity contribution in [2.75, 3.05) is 26.2 Å². The van der Waals surface area contributed by atoms with Gasteiger partial charge >= 0.3 is 12.2 Å². The highest BCUT2D eigenvalue weighted by Gasteiger charge is 2.23. The molecule has 0 spiro atoms. The predicted molar refractivity (Wildman–Crippen MR) is 91.7 cm³/mol. The maximum absolute atomic E-state index is 12.2. The van der Waals surface area contributed by atoms with Gasteiger partial charge in [0.25, 0.3) is 0 Å². The maximum atomic E-state index is 12.2. The predicted octanol–water partition coefficient (Wildman–Crippen LogP) is 1.46. The van der Waals surface area contributed by atoms with Crippen LogP contribution in [0.4, 0.5) is 9.59 Å². The van der Waals surface area contributed by atoms with Crippen LogP contribution in [0.15, 0.2) is 0 Å². The third-order valence-electron chi connectivity index (χ3n) is 2.63. The summed E-state index contributed by atoms with van der Waals surface area (Å²) in [6.07, 6.45) is -1.35. The number of nitrogens with zero attached hydrogens (tertiary/aromatic N) is 1. The van der Waals surface area contributed by atoms with Crippen LogP contribution in [-0.4, -0.2) is 65.7 Å². The van der Waals surface area contributed by atoms with Gasteiger partial charge in [0.05, 0.1) is 12.6 Å². The molecule has 0 saturated heterocycles. The second kappa shape index (κ2) is 9.68. The van der Waals surface area contributed by atoms with Crippen molar-refractivity contribution in [1.82, 2.24) is 10.2 Å². The summed E-state index contributed by atoms with van der Waals surface area (Å²) in [5, 5.41) is 12.3. The minimum Gasteiger partial charge on any atom is -0.444 e. The van der Waals surface area contributed by atoms with Crippen molar-refractivity contribution in [3.8, 4) is 0 Å². The number of aliphatic hydroxyl groups excluding tert-OH is 1. The third-order valence-corrected chi connectivity index (χ3v) is 2.63. The summed E-state index contributed by atoms with van der Waals surface area (Å²) < 4.78 is 10.4. The molecule has 0 aromatic heterocycles. The molecule has 0 aromatic rings. The summed E-state index contributed by atoms with van der Waals surface area (Å²) in [6, 6.07) is 0. The van der Waals surface area contributed by atoms with Crippen LogP contribution in [0.25, 0.3) is 0 Å². The molecule has 1 atom stereocenters. The minimum absolute atomic E-state index is 0.0510. The second-order valence-corrected chi connectivity index (χ2v) is 7.60. The van der Waals surface area contributed by atoms with Gasteiger partial charge in [-0.25, -0.2) is 9.59 Å². The highest BCUT2D eigenvalue weighted by Crippen LogP contribution is 2.11. The lowest BCUT2D eigenvalue weighted by Crippen LogP contribution is -2.44. The van der Waals surface area contributed by atoms with E-state index in [9.17, 15) is 14.7 Å². The molecule has 24 heavy (non-hydrogen) atoms. The van der Waals surface area contributed by atoms with E-state index in [2.05, 4.69) is 5.32 Å². The summed E-state index contributed by atoms with van der Waals surface area (Å²) in [6.45, 7) is 11.5. The molecule has 142 valence electrons. The van der Waals surface area contributed by atoms with Gasteiger partial charge in [0.2, 0.25) is 0 Å². The molecule has 2 amide bonds. The first-order valence-electron chi connectivity index (χ1n) is 8.17. The molecular formula is C16H33N3O5. The molecule has 0 saturated carbocycles. The standard InChI is InChI=1S/C16H33N3O5/c1-15(2,3)23-13(21)18-8-7-9-19(11-12(20)10-17)14(22)24-16(4,5)6/h12,20H,7-11,17H2,1-6H3,(H,18,21)/t12-/m1/s1. The van der Waals surface area contributed by atoms with Gasteiger partial charge in [-0.2, -0.15) is 0 Å². The summed E-state index contributed by atoms with van der Waals surface area (Å²) in [7, 11) is 0. The summed E-state index contributed by atoms with van der Waals surface area (Å²) in [5.41, 5.74) is 4.21. The smallest absolute Gasteiger partial charge is 0.410 e. The Morgan fingerprint density at radius 2 is 1.67 bits per heavy atom. The molecule has 4 N–H and O–H groups in total. The van der Waals surface area contributed by atoms with Gasteiger partial charge in [-0.3, -0.25) is 0 Å². The van der Waals surface area contributed by atoms with Crippen LogP contribution < -0.4 is 11.1 Å². The van der Waals surface area contributed by atoms with Crippen molar-refractivity contribution in [3.05, 3.63) is 0 Å². The molecule has 8 heteroatoms. The van der Waals surface area contributed by atoms with Gasteiger partial charge in [0.1, 0.15) is 11.2 Å². The van der Waals surface area contributed by atoms with Crippen LogP contribution in [0.5, 0.6) is 0 Å². The molecule has 0 aromatic carbocycles. The van der Waals surface area contributed by atoms with Gasteiger partial charge in [-0.05, 0) is 48.0 Å². The normalized spacial score (nSPS) is 13.2. The van der Waals surface area contributed by atoms with Crippen LogP contribution in [0, 0.1) is 0 Å². The number of carbonyl (C=O) groups excluding carboxylic acids is 2. The first kappa shape index (κ1) is 22.5. The Labute approximate surface area is 144 Å². The molecule has 0 aliphatic heterocycles. The number of rotatable bonds is 7. The lowest BCUT2D eigenvalue weighted by Gasteiger charge is -2.28. The number of ether oxygens (including phenoxy) is 2. The molecule has 0 rings (SSSR count). The van der Waals surface area contributed by atoms with E-state index >= 15 is 0 Å². The number of amides is 2. The van der Waals surface area contributed by atoms with Gasteiger partial charge in [0.15, 0.2) is 0 Å². The molecule has 0 radical (unpaired) electrons. The van der Waals surface area contributed by atoms with E-state index in [0.717, 1.165) is 0 Å². The quantitative estimate of drug-likeness (QED) is 0.601. The Hall–Kier alpha value is -1.54. The Bertz CT molecular complexity index is 401.